The predicted molar refractivity (Wildman–Crippen MR) is 98.8 cm³/mol. The molecule has 1 aromatic carbocycles. The third kappa shape index (κ3) is 5.62. The number of carbonyl (C=O) groups excluding carboxylic acids is 1. The maximum Gasteiger partial charge on any atom is 0.331 e. The molecule has 2 aromatic heterocycles. The number of carbonyl (C=O) groups is 1. The van der Waals surface area contributed by atoms with Crippen molar-refractivity contribution in [1.29, 1.82) is 0 Å². The molecule has 2 heterocycles. The zero-order valence-corrected chi connectivity index (χ0v) is 14.8. The highest BCUT2D eigenvalue weighted by Crippen LogP contribution is 2.24. The molecule has 0 bridgehead atoms. The van der Waals surface area contributed by atoms with Gasteiger partial charge in [0.05, 0.1) is 16.9 Å². The molecule has 0 spiro atoms. The van der Waals surface area contributed by atoms with Crippen molar-refractivity contribution in [2.75, 3.05) is 0 Å². The van der Waals surface area contributed by atoms with Crippen molar-refractivity contribution >= 4 is 23.6 Å². The first-order valence-corrected chi connectivity index (χ1v) is 8.30. The topological polar surface area (TPSA) is 61.3 Å². The molecule has 136 valence electrons. The van der Waals surface area contributed by atoms with Crippen molar-refractivity contribution in [3.8, 4) is 11.5 Å². The summed E-state index contributed by atoms with van der Waals surface area (Å²) in [5.74, 6) is -0.627. The lowest BCUT2D eigenvalue weighted by Gasteiger charge is -2.06. The highest BCUT2D eigenvalue weighted by Gasteiger charge is 2.06. The summed E-state index contributed by atoms with van der Waals surface area (Å²) in [6.45, 7) is 0.0204. The average molecular weight is 385 g/mol. The third-order valence-electron chi connectivity index (χ3n) is 3.38. The first-order chi connectivity index (χ1) is 13.1. The zero-order chi connectivity index (χ0) is 19.1. The molecule has 0 aliphatic carbocycles. The van der Waals surface area contributed by atoms with E-state index in [0.717, 1.165) is 0 Å². The van der Waals surface area contributed by atoms with Gasteiger partial charge in [-0.2, -0.15) is 0 Å². The van der Waals surface area contributed by atoms with Crippen LogP contribution in [0, 0.1) is 5.82 Å². The van der Waals surface area contributed by atoms with Crippen LogP contribution in [0.1, 0.15) is 11.3 Å². The number of benzene rings is 1. The average Bonchev–Trinajstić information content (AvgIpc) is 2.68. The number of hydrogen-bond acceptors (Lipinski definition) is 5. The number of ether oxygens (including phenoxy) is 2. The molecule has 3 aromatic rings. The van der Waals surface area contributed by atoms with E-state index >= 15 is 0 Å². The van der Waals surface area contributed by atoms with Gasteiger partial charge >= 0.3 is 5.97 Å². The Labute approximate surface area is 160 Å². The second kappa shape index (κ2) is 8.91. The van der Waals surface area contributed by atoms with Crippen LogP contribution in [0.4, 0.5) is 4.39 Å². The fourth-order valence-electron chi connectivity index (χ4n) is 2.09. The van der Waals surface area contributed by atoms with Crippen molar-refractivity contribution in [2.24, 2.45) is 0 Å². The van der Waals surface area contributed by atoms with Gasteiger partial charge in [-0.05, 0) is 48.0 Å². The van der Waals surface area contributed by atoms with Gasteiger partial charge in [0.2, 0.25) is 0 Å². The van der Waals surface area contributed by atoms with Gasteiger partial charge in [-0.15, -0.1) is 0 Å². The Morgan fingerprint density at radius 2 is 2.07 bits per heavy atom. The molecule has 0 N–H and O–H groups in total. The number of nitrogens with zero attached hydrogens (tertiary/aromatic N) is 2. The van der Waals surface area contributed by atoms with Crippen molar-refractivity contribution in [1.82, 2.24) is 9.97 Å². The van der Waals surface area contributed by atoms with Crippen molar-refractivity contribution < 1.29 is 18.7 Å². The highest BCUT2D eigenvalue weighted by atomic mass is 35.5. The van der Waals surface area contributed by atoms with Crippen LogP contribution in [0.3, 0.4) is 0 Å². The molecule has 7 heteroatoms. The molecule has 0 saturated heterocycles. The van der Waals surface area contributed by atoms with E-state index < -0.39 is 11.8 Å². The van der Waals surface area contributed by atoms with Gasteiger partial charge in [0.1, 0.15) is 12.4 Å². The van der Waals surface area contributed by atoms with Crippen LogP contribution in [-0.4, -0.2) is 15.9 Å². The summed E-state index contributed by atoms with van der Waals surface area (Å²) in [6.07, 6.45) is 7.22. The van der Waals surface area contributed by atoms with Crippen LogP contribution in [0.25, 0.3) is 6.08 Å². The third-order valence-corrected chi connectivity index (χ3v) is 3.60. The normalized spacial score (nSPS) is 10.7. The van der Waals surface area contributed by atoms with Crippen LogP contribution in [0.2, 0.25) is 5.02 Å². The summed E-state index contributed by atoms with van der Waals surface area (Å²) in [4.78, 5) is 19.7. The number of pyridine rings is 2. The van der Waals surface area contributed by atoms with Gasteiger partial charge in [-0.25, -0.2) is 9.18 Å². The van der Waals surface area contributed by atoms with E-state index in [4.69, 9.17) is 21.1 Å². The number of rotatable bonds is 6. The van der Waals surface area contributed by atoms with Crippen LogP contribution in [0.15, 0.2) is 67.1 Å². The van der Waals surface area contributed by atoms with Gasteiger partial charge < -0.3 is 9.47 Å². The van der Waals surface area contributed by atoms with Gasteiger partial charge in [-0.1, -0.05) is 17.7 Å². The fraction of sp³-hybridized carbons (Fsp3) is 0.0500. The summed E-state index contributed by atoms with van der Waals surface area (Å²) in [5.41, 5.74) is 1.07. The molecule has 3 rings (SSSR count). The fourth-order valence-corrected chi connectivity index (χ4v) is 2.20. The minimum absolute atomic E-state index is 0.0204. The van der Waals surface area contributed by atoms with Gasteiger partial charge in [0.15, 0.2) is 11.6 Å². The van der Waals surface area contributed by atoms with E-state index in [9.17, 15) is 9.18 Å². The zero-order valence-electron chi connectivity index (χ0n) is 14.0. The molecule has 0 aliphatic heterocycles. The van der Waals surface area contributed by atoms with Gasteiger partial charge in [-0.3, -0.25) is 9.97 Å². The Hall–Kier alpha value is -3.25. The Morgan fingerprint density at radius 1 is 1.19 bits per heavy atom. The Kier molecular flexibility index (Phi) is 6.12. The van der Waals surface area contributed by atoms with Crippen LogP contribution in [0.5, 0.6) is 11.5 Å². The minimum atomic E-state index is -0.567. The van der Waals surface area contributed by atoms with Crippen LogP contribution < -0.4 is 4.74 Å². The van der Waals surface area contributed by atoms with E-state index in [0.29, 0.717) is 22.0 Å². The Balaban J connectivity index is 1.57. The Morgan fingerprint density at radius 3 is 2.78 bits per heavy atom. The first-order valence-electron chi connectivity index (χ1n) is 7.93. The van der Waals surface area contributed by atoms with E-state index in [1.54, 1.807) is 36.5 Å². The predicted octanol–water partition coefficient (Wildman–Crippen LogP) is 4.82. The molecule has 27 heavy (non-hydrogen) atoms. The molecule has 0 saturated carbocycles. The maximum absolute atomic E-state index is 14.1. The quantitative estimate of drug-likeness (QED) is 0.450. The summed E-state index contributed by atoms with van der Waals surface area (Å²) in [6, 6.07) is 11.0. The van der Waals surface area contributed by atoms with Crippen molar-refractivity contribution in [3.63, 3.8) is 0 Å². The summed E-state index contributed by atoms with van der Waals surface area (Å²) in [5, 5.41) is 0.503. The molecule has 0 aliphatic rings. The van der Waals surface area contributed by atoms with Gasteiger partial charge in [0.25, 0.3) is 0 Å². The van der Waals surface area contributed by atoms with Crippen molar-refractivity contribution in [2.45, 2.75) is 6.61 Å². The monoisotopic (exact) mass is 384 g/mol. The SMILES string of the molecule is O=C(/C=C/c1ccc(Oc2cccnc2)c(F)c1)OCc1ccc(Cl)cn1. The summed E-state index contributed by atoms with van der Waals surface area (Å²) in [7, 11) is 0. The molecule has 0 unspecified atom stereocenters. The minimum Gasteiger partial charge on any atom is -0.456 e. The highest BCUT2D eigenvalue weighted by molar-refractivity contribution is 6.30. The Bertz CT molecular complexity index is 947. The summed E-state index contributed by atoms with van der Waals surface area (Å²) >= 11 is 5.74. The van der Waals surface area contributed by atoms with E-state index in [1.807, 2.05) is 0 Å². The lowest BCUT2D eigenvalue weighted by atomic mass is 10.2. The summed E-state index contributed by atoms with van der Waals surface area (Å²) < 4.78 is 24.6. The van der Waals surface area contributed by atoms with Crippen LogP contribution in [-0.2, 0) is 16.1 Å². The molecule has 5 nitrogen and oxygen atoms in total. The lowest BCUT2D eigenvalue weighted by Crippen LogP contribution is -2.02. The molecule has 0 atom stereocenters. The number of halogens is 2. The van der Waals surface area contributed by atoms with Crippen molar-refractivity contribution in [3.05, 3.63) is 89.2 Å². The lowest BCUT2D eigenvalue weighted by molar-refractivity contribution is -0.139. The van der Waals surface area contributed by atoms with Crippen LogP contribution >= 0.6 is 11.6 Å². The number of aromatic nitrogens is 2. The maximum atomic E-state index is 14.1. The molecule has 0 radical (unpaired) electrons. The van der Waals surface area contributed by atoms with E-state index in [-0.39, 0.29) is 12.4 Å². The molecular weight excluding hydrogens is 371 g/mol. The van der Waals surface area contributed by atoms with E-state index in [1.165, 1.54) is 36.7 Å². The number of hydrogen-bond donors (Lipinski definition) is 0. The molecule has 0 fully saturated rings. The second-order valence-electron chi connectivity index (χ2n) is 5.39. The first kappa shape index (κ1) is 18.5. The standard InChI is InChI=1S/C20H14ClFN2O3/c21-15-5-6-16(24-11-15)13-26-20(25)8-4-14-3-7-19(18(22)10-14)27-17-2-1-9-23-12-17/h1-12H,13H2/b8-4+. The smallest absolute Gasteiger partial charge is 0.331 e. The molecular formula is C20H14ClFN2O3. The molecule has 0 amide bonds. The number of esters is 1. The second-order valence-corrected chi connectivity index (χ2v) is 5.83. The largest absolute Gasteiger partial charge is 0.456 e. The van der Waals surface area contributed by atoms with Gasteiger partial charge in [0, 0.05) is 18.5 Å². The van der Waals surface area contributed by atoms with E-state index in [2.05, 4.69) is 9.97 Å².